The first-order valence-electron chi connectivity index (χ1n) is 8.51. The van der Waals surface area contributed by atoms with Gasteiger partial charge in [-0.1, -0.05) is 30.3 Å². The molecule has 2 heterocycles. The van der Waals surface area contributed by atoms with Crippen LogP contribution < -0.4 is 4.74 Å². The number of thiophene rings is 1. The summed E-state index contributed by atoms with van der Waals surface area (Å²) in [5, 5.41) is 13.4. The third-order valence-electron chi connectivity index (χ3n) is 4.14. The number of hydrogen-bond acceptors (Lipinski definition) is 7. The van der Waals surface area contributed by atoms with Crippen molar-refractivity contribution in [2.24, 2.45) is 0 Å². The van der Waals surface area contributed by atoms with E-state index in [0.717, 1.165) is 17.2 Å². The summed E-state index contributed by atoms with van der Waals surface area (Å²) >= 11 is 1.41. The van der Waals surface area contributed by atoms with Crippen molar-refractivity contribution in [3.05, 3.63) is 75.7 Å². The molecule has 2 aromatic carbocycles. The average molecular weight is 411 g/mol. The molecular formula is C20H14FN3O4S. The number of benzene rings is 2. The molecule has 0 saturated carbocycles. The van der Waals surface area contributed by atoms with Crippen molar-refractivity contribution in [1.29, 1.82) is 0 Å². The Morgan fingerprint density at radius 2 is 1.97 bits per heavy atom. The van der Waals surface area contributed by atoms with Crippen LogP contribution in [0.4, 0.5) is 10.1 Å². The normalized spacial score (nSPS) is 11.0. The molecule has 0 aliphatic rings. The lowest BCUT2D eigenvalue weighted by atomic mass is 10.1. The fraction of sp³-hybridized carbons (Fsp3) is 0.100. The van der Waals surface area contributed by atoms with Crippen molar-refractivity contribution < 1.29 is 18.8 Å². The number of rotatable bonds is 6. The molecule has 0 aliphatic heterocycles. The Bertz CT molecular complexity index is 1200. The van der Waals surface area contributed by atoms with Crippen LogP contribution in [0.15, 0.2) is 53.9 Å². The zero-order valence-electron chi connectivity index (χ0n) is 15.2. The van der Waals surface area contributed by atoms with Gasteiger partial charge in [0.2, 0.25) is 5.88 Å². The van der Waals surface area contributed by atoms with E-state index in [2.05, 4.69) is 9.97 Å². The van der Waals surface area contributed by atoms with E-state index < -0.39 is 10.7 Å². The highest BCUT2D eigenvalue weighted by atomic mass is 32.1. The maximum absolute atomic E-state index is 14.4. The molecule has 0 aliphatic carbocycles. The van der Waals surface area contributed by atoms with Gasteiger partial charge < -0.3 is 9.47 Å². The Morgan fingerprint density at radius 3 is 2.66 bits per heavy atom. The summed E-state index contributed by atoms with van der Waals surface area (Å²) in [6.45, 7) is 0.160. The van der Waals surface area contributed by atoms with E-state index in [1.165, 1.54) is 30.6 Å². The molecule has 0 bridgehead atoms. The van der Waals surface area contributed by atoms with Gasteiger partial charge in [0, 0.05) is 24.1 Å². The lowest BCUT2D eigenvalue weighted by molar-refractivity contribution is -0.385. The van der Waals surface area contributed by atoms with Gasteiger partial charge >= 0.3 is 0 Å². The quantitative estimate of drug-likeness (QED) is 0.314. The van der Waals surface area contributed by atoms with Gasteiger partial charge in [0.1, 0.15) is 11.4 Å². The molecule has 7 nitrogen and oxygen atoms in total. The van der Waals surface area contributed by atoms with Gasteiger partial charge in [-0.3, -0.25) is 10.1 Å². The average Bonchev–Trinajstić information content (AvgIpc) is 3.14. The number of nitrogens with zero attached hydrogens (tertiary/aromatic N) is 3. The molecule has 0 saturated heterocycles. The Balaban J connectivity index is 1.85. The molecule has 0 fully saturated rings. The highest BCUT2D eigenvalue weighted by Gasteiger charge is 2.19. The summed E-state index contributed by atoms with van der Waals surface area (Å²) in [5.41, 5.74) is 1.44. The summed E-state index contributed by atoms with van der Waals surface area (Å²) in [5.74, 6) is -0.464. The molecule has 4 aromatic rings. The summed E-state index contributed by atoms with van der Waals surface area (Å²) < 4.78 is 25.3. The van der Waals surface area contributed by atoms with E-state index in [1.807, 2.05) is 35.7 Å². The maximum atomic E-state index is 14.4. The number of hydrogen-bond donors (Lipinski definition) is 0. The molecule has 0 spiro atoms. The van der Waals surface area contributed by atoms with Gasteiger partial charge in [0.05, 0.1) is 16.4 Å². The van der Waals surface area contributed by atoms with Crippen molar-refractivity contribution >= 4 is 27.2 Å². The first-order valence-corrected chi connectivity index (χ1v) is 9.39. The molecule has 0 atom stereocenters. The number of nitro benzene ring substituents is 1. The molecular weight excluding hydrogens is 397 g/mol. The highest BCUT2D eigenvalue weighted by Crippen LogP contribution is 2.40. The second-order valence-electron chi connectivity index (χ2n) is 6.05. The number of nitro groups is 1. The van der Waals surface area contributed by atoms with Crippen molar-refractivity contribution in [2.75, 3.05) is 7.11 Å². The topological polar surface area (TPSA) is 87.4 Å². The number of methoxy groups -OCH3 is 1. The van der Waals surface area contributed by atoms with E-state index >= 15 is 0 Å². The first kappa shape index (κ1) is 18.9. The van der Waals surface area contributed by atoms with Crippen LogP contribution in [0.3, 0.4) is 0 Å². The van der Waals surface area contributed by atoms with Gasteiger partial charge in [0.25, 0.3) is 5.69 Å². The fourth-order valence-corrected chi connectivity index (χ4v) is 3.80. The third-order valence-corrected chi connectivity index (χ3v) is 5.01. The van der Waals surface area contributed by atoms with Crippen molar-refractivity contribution in [3.8, 4) is 22.8 Å². The molecule has 4 rings (SSSR count). The Hall–Kier alpha value is -3.43. The van der Waals surface area contributed by atoms with Gasteiger partial charge in [-0.15, -0.1) is 11.3 Å². The molecule has 29 heavy (non-hydrogen) atoms. The largest absolute Gasteiger partial charge is 0.435 e. The highest BCUT2D eigenvalue weighted by molar-refractivity contribution is 7.17. The van der Waals surface area contributed by atoms with Crippen molar-refractivity contribution in [3.63, 3.8) is 0 Å². The van der Waals surface area contributed by atoms with Crippen LogP contribution in [0.25, 0.3) is 21.3 Å². The predicted octanol–water partition coefficient (Wildman–Crippen LogP) is 5.34. The number of halogens is 1. The third kappa shape index (κ3) is 3.78. The summed E-state index contributed by atoms with van der Waals surface area (Å²) in [7, 11) is 1.52. The minimum atomic E-state index is -0.851. The Labute approximate surface area is 168 Å². The summed E-state index contributed by atoms with van der Waals surface area (Å²) in [6.07, 6.45) is 0. The monoisotopic (exact) mass is 411 g/mol. The zero-order valence-corrected chi connectivity index (χ0v) is 16.0. The van der Waals surface area contributed by atoms with Gasteiger partial charge in [-0.05, 0) is 11.6 Å². The van der Waals surface area contributed by atoms with Crippen molar-refractivity contribution in [2.45, 2.75) is 6.61 Å². The number of aromatic nitrogens is 2. The van der Waals surface area contributed by atoms with Crippen LogP contribution in [-0.2, 0) is 11.3 Å². The van der Waals surface area contributed by atoms with Crippen molar-refractivity contribution in [1.82, 2.24) is 9.97 Å². The number of non-ortho nitro benzene ring substituents is 1. The standard InChI is InChI=1S/C20H14FN3O4S/c1-27-10-17-22-19(28-16-8-7-13(24(25)26)9-15(16)21)18-14(11-29-20(18)23-17)12-5-3-2-4-6-12/h2-9,11H,10H2,1H3. The summed E-state index contributed by atoms with van der Waals surface area (Å²) in [6, 6.07) is 12.8. The van der Waals surface area contributed by atoms with Crippen LogP contribution in [0.2, 0.25) is 0 Å². The van der Waals surface area contributed by atoms with Gasteiger partial charge in [0.15, 0.2) is 17.4 Å². The van der Waals surface area contributed by atoms with Gasteiger partial charge in [-0.25, -0.2) is 9.37 Å². The number of ether oxygens (including phenoxy) is 2. The van der Waals surface area contributed by atoms with E-state index in [1.54, 1.807) is 0 Å². The van der Waals surface area contributed by atoms with E-state index in [4.69, 9.17) is 9.47 Å². The molecule has 2 aromatic heterocycles. The van der Waals surface area contributed by atoms with Crippen LogP contribution in [0.5, 0.6) is 11.6 Å². The lowest BCUT2D eigenvalue weighted by Crippen LogP contribution is -2.00. The molecule has 0 N–H and O–H groups in total. The number of fused-ring (bicyclic) bond motifs is 1. The molecule has 9 heteroatoms. The minimum absolute atomic E-state index is 0.160. The second-order valence-corrected chi connectivity index (χ2v) is 6.91. The molecule has 0 amide bonds. The Kier molecular flexibility index (Phi) is 5.15. The zero-order chi connectivity index (χ0) is 20.4. The smallest absolute Gasteiger partial charge is 0.272 e. The maximum Gasteiger partial charge on any atom is 0.272 e. The van der Waals surface area contributed by atoms with Crippen LogP contribution in [-0.4, -0.2) is 22.0 Å². The molecule has 0 radical (unpaired) electrons. The molecule has 146 valence electrons. The van der Waals surface area contributed by atoms with E-state index in [0.29, 0.717) is 16.0 Å². The van der Waals surface area contributed by atoms with Gasteiger partial charge in [-0.2, -0.15) is 4.98 Å². The Morgan fingerprint density at radius 1 is 1.17 bits per heavy atom. The van der Waals surface area contributed by atoms with Crippen LogP contribution in [0, 0.1) is 15.9 Å². The van der Waals surface area contributed by atoms with Crippen LogP contribution >= 0.6 is 11.3 Å². The lowest BCUT2D eigenvalue weighted by Gasteiger charge is -2.10. The first-order chi connectivity index (χ1) is 14.1. The van der Waals surface area contributed by atoms with E-state index in [-0.39, 0.29) is 23.9 Å². The minimum Gasteiger partial charge on any atom is -0.435 e. The fourth-order valence-electron chi connectivity index (χ4n) is 2.84. The predicted molar refractivity (Wildman–Crippen MR) is 107 cm³/mol. The summed E-state index contributed by atoms with van der Waals surface area (Å²) in [4.78, 5) is 19.7. The van der Waals surface area contributed by atoms with E-state index in [9.17, 15) is 14.5 Å². The molecule has 0 unspecified atom stereocenters. The second kappa shape index (κ2) is 7.90. The SMILES string of the molecule is COCc1nc(Oc2ccc([N+](=O)[O-])cc2F)c2c(-c3ccccc3)csc2n1. The van der Waals surface area contributed by atoms with Crippen LogP contribution in [0.1, 0.15) is 5.82 Å².